The fourth-order valence-corrected chi connectivity index (χ4v) is 3.15. The van der Waals surface area contributed by atoms with Gasteiger partial charge in [-0.15, -0.1) is 11.3 Å². The monoisotopic (exact) mass is 297 g/mol. The highest BCUT2D eigenvalue weighted by Crippen LogP contribution is 2.29. The van der Waals surface area contributed by atoms with E-state index in [2.05, 4.69) is 4.72 Å². The fraction of sp³-hybridized carbons (Fsp3) is 0.0833. The van der Waals surface area contributed by atoms with Crippen LogP contribution in [0.4, 0.5) is 0 Å². The molecule has 100 valence electrons. The van der Waals surface area contributed by atoms with E-state index in [-0.39, 0.29) is 10.5 Å². The van der Waals surface area contributed by atoms with Crippen LogP contribution in [0.15, 0.2) is 40.6 Å². The summed E-state index contributed by atoms with van der Waals surface area (Å²) in [5.74, 6) is -1.16. The summed E-state index contributed by atoms with van der Waals surface area (Å²) in [7, 11) is -2.37. The maximum atomic E-state index is 11.7. The van der Waals surface area contributed by atoms with E-state index < -0.39 is 16.0 Å². The predicted octanol–water partition coefficient (Wildman–Crippen LogP) is 2.02. The van der Waals surface area contributed by atoms with Crippen LogP contribution in [0.5, 0.6) is 0 Å². The highest BCUT2D eigenvalue weighted by molar-refractivity contribution is 7.89. The fourth-order valence-electron chi connectivity index (χ4n) is 1.63. The lowest BCUT2D eigenvalue weighted by atomic mass is 10.1. The van der Waals surface area contributed by atoms with Crippen LogP contribution in [0.1, 0.15) is 10.4 Å². The van der Waals surface area contributed by atoms with Gasteiger partial charge in [0.15, 0.2) is 0 Å². The lowest BCUT2D eigenvalue weighted by Crippen LogP contribution is -2.19. The van der Waals surface area contributed by atoms with Crippen LogP contribution in [0.3, 0.4) is 0 Å². The third-order valence-corrected chi connectivity index (χ3v) is 4.90. The van der Waals surface area contributed by atoms with Gasteiger partial charge in [-0.1, -0.05) is 12.1 Å². The average molecular weight is 297 g/mol. The molecule has 0 bridgehead atoms. The zero-order valence-electron chi connectivity index (χ0n) is 9.95. The first-order valence-corrected chi connectivity index (χ1v) is 7.67. The number of nitrogens with one attached hydrogen (secondary N) is 1. The molecule has 0 amide bonds. The molecule has 7 heteroatoms. The molecule has 0 saturated carbocycles. The Labute approximate surface area is 114 Å². The van der Waals surface area contributed by atoms with Crippen LogP contribution in [0, 0.1) is 0 Å². The lowest BCUT2D eigenvalue weighted by molar-refractivity contribution is 0.0697. The number of hydrogen-bond acceptors (Lipinski definition) is 4. The second-order valence-electron chi connectivity index (χ2n) is 3.70. The van der Waals surface area contributed by atoms with Gasteiger partial charge in [-0.25, -0.2) is 17.9 Å². The predicted molar refractivity (Wildman–Crippen MR) is 73.0 cm³/mol. The molecule has 0 aliphatic heterocycles. The molecule has 0 radical (unpaired) electrons. The van der Waals surface area contributed by atoms with Gasteiger partial charge < -0.3 is 5.11 Å². The van der Waals surface area contributed by atoms with Gasteiger partial charge in [-0.05, 0) is 30.6 Å². The number of rotatable bonds is 4. The Balaban J connectivity index is 2.64. The van der Waals surface area contributed by atoms with Gasteiger partial charge in [0.25, 0.3) is 0 Å². The van der Waals surface area contributed by atoms with Crippen molar-refractivity contribution >= 4 is 27.3 Å². The topological polar surface area (TPSA) is 83.5 Å². The summed E-state index contributed by atoms with van der Waals surface area (Å²) in [5.41, 5.74) is 0.483. The van der Waals surface area contributed by atoms with E-state index in [4.69, 9.17) is 0 Å². The minimum Gasteiger partial charge on any atom is -0.478 e. The molecule has 0 atom stereocenters. The maximum Gasteiger partial charge on any atom is 0.336 e. The van der Waals surface area contributed by atoms with Crippen molar-refractivity contribution < 1.29 is 18.3 Å². The highest BCUT2D eigenvalue weighted by atomic mass is 32.2. The summed E-state index contributed by atoms with van der Waals surface area (Å²) in [5, 5.41) is 11.0. The van der Waals surface area contributed by atoms with Crippen molar-refractivity contribution in [3.63, 3.8) is 0 Å². The smallest absolute Gasteiger partial charge is 0.336 e. The molecule has 2 aromatic rings. The van der Waals surface area contributed by atoms with E-state index >= 15 is 0 Å². The van der Waals surface area contributed by atoms with Crippen molar-refractivity contribution in [3.8, 4) is 10.4 Å². The lowest BCUT2D eigenvalue weighted by Gasteiger charge is -2.07. The summed E-state index contributed by atoms with van der Waals surface area (Å²) in [6.45, 7) is 0. The third kappa shape index (κ3) is 2.67. The van der Waals surface area contributed by atoms with Crippen LogP contribution in [-0.2, 0) is 10.0 Å². The molecule has 0 saturated heterocycles. The van der Waals surface area contributed by atoms with Crippen LogP contribution >= 0.6 is 11.3 Å². The summed E-state index contributed by atoms with van der Waals surface area (Å²) in [4.78, 5) is 12.0. The first-order chi connectivity index (χ1) is 8.95. The molecular weight excluding hydrogens is 286 g/mol. The van der Waals surface area contributed by atoms with Gasteiger partial charge in [0.2, 0.25) is 10.0 Å². The number of aromatic carboxylic acids is 1. The SMILES string of the molecule is CNS(=O)(=O)c1ccc(-c2cccs2)c(C(=O)O)c1. The van der Waals surface area contributed by atoms with E-state index in [1.165, 1.54) is 36.6 Å². The van der Waals surface area contributed by atoms with E-state index in [9.17, 15) is 18.3 Å². The molecule has 0 spiro atoms. The number of thiophene rings is 1. The minimum atomic E-state index is -3.65. The highest BCUT2D eigenvalue weighted by Gasteiger charge is 2.18. The molecule has 1 aromatic carbocycles. The second kappa shape index (κ2) is 5.12. The van der Waals surface area contributed by atoms with Gasteiger partial charge in [0, 0.05) is 10.4 Å². The molecule has 2 rings (SSSR count). The summed E-state index contributed by atoms with van der Waals surface area (Å²) < 4.78 is 25.5. The first kappa shape index (κ1) is 13.7. The first-order valence-electron chi connectivity index (χ1n) is 5.30. The summed E-state index contributed by atoms with van der Waals surface area (Å²) >= 11 is 1.40. The molecule has 1 heterocycles. The van der Waals surface area contributed by atoms with Gasteiger partial charge in [0.1, 0.15) is 0 Å². The van der Waals surface area contributed by atoms with Gasteiger partial charge in [-0.3, -0.25) is 0 Å². The molecule has 1 aromatic heterocycles. The van der Waals surface area contributed by atoms with Gasteiger partial charge >= 0.3 is 5.97 Å². The minimum absolute atomic E-state index is 0.0289. The number of benzene rings is 1. The molecule has 0 aliphatic rings. The van der Waals surface area contributed by atoms with E-state index in [1.807, 2.05) is 11.4 Å². The van der Waals surface area contributed by atoms with Crippen molar-refractivity contribution in [3.05, 3.63) is 41.3 Å². The molecule has 0 fully saturated rings. The van der Waals surface area contributed by atoms with Crippen molar-refractivity contribution in [2.75, 3.05) is 7.05 Å². The number of carboxylic acid groups (broad SMARTS) is 1. The van der Waals surface area contributed by atoms with Crippen LogP contribution in [0.2, 0.25) is 0 Å². The molecule has 5 nitrogen and oxygen atoms in total. The van der Waals surface area contributed by atoms with Crippen LogP contribution in [0.25, 0.3) is 10.4 Å². The summed E-state index contributed by atoms with van der Waals surface area (Å²) in [6.07, 6.45) is 0. The zero-order chi connectivity index (χ0) is 14.0. The van der Waals surface area contributed by atoms with Crippen molar-refractivity contribution in [1.82, 2.24) is 4.72 Å². The Hall–Kier alpha value is -1.70. The van der Waals surface area contributed by atoms with Gasteiger partial charge in [0.05, 0.1) is 10.5 Å². The average Bonchev–Trinajstić information content (AvgIpc) is 2.91. The quantitative estimate of drug-likeness (QED) is 0.904. The van der Waals surface area contributed by atoms with Gasteiger partial charge in [-0.2, -0.15) is 0 Å². The largest absolute Gasteiger partial charge is 0.478 e. The molecule has 2 N–H and O–H groups in total. The summed E-state index contributed by atoms with van der Waals surface area (Å²) in [6, 6.07) is 7.68. The number of hydrogen-bond donors (Lipinski definition) is 2. The second-order valence-corrected chi connectivity index (χ2v) is 6.53. The number of carboxylic acids is 1. The maximum absolute atomic E-state index is 11.7. The molecule has 19 heavy (non-hydrogen) atoms. The standard InChI is InChI=1S/C12H11NO4S2/c1-13-19(16,17)8-4-5-9(10(7-8)12(14)15)11-3-2-6-18-11/h2-7,13H,1H3,(H,14,15). The molecule has 0 unspecified atom stereocenters. The van der Waals surface area contributed by atoms with E-state index in [1.54, 1.807) is 6.07 Å². The van der Waals surface area contributed by atoms with Crippen LogP contribution in [-0.4, -0.2) is 26.5 Å². The Morgan fingerprint density at radius 1 is 1.32 bits per heavy atom. The van der Waals surface area contributed by atoms with E-state index in [0.717, 1.165) is 4.88 Å². The zero-order valence-corrected chi connectivity index (χ0v) is 11.6. The Morgan fingerprint density at radius 3 is 2.58 bits per heavy atom. The van der Waals surface area contributed by atoms with Crippen molar-refractivity contribution in [2.45, 2.75) is 4.90 Å². The number of sulfonamides is 1. The Morgan fingerprint density at radius 2 is 2.05 bits per heavy atom. The van der Waals surface area contributed by atoms with Crippen LogP contribution < -0.4 is 4.72 Å². The molecular formula is C12H11NO4S2. The number of carbonyl (C=O) groups is 1. The third-order valence-electron chi connectivity index (χ3n) is 2.59. The Kier molecular flexibility index (Phi) is 3.70. The Bertz CT molecular complexity index is 705. The normalized spacial score (nSPS) is 11.4. The van der Waals surface area contributed by atoms with E-state index in [0.29, 0.717) is 5.56 Å². The van der Waals surface area contributed by atoms with Crippen molar-refractivity contribution in [2.24, 2.45) is 0 Å². The molecule has 0 aliphatic carbocycles. The van der Waals surface area contributed by atoms with Crippen molar-refractivity contribution in [1.29, 1.82) is 0 Å².